The van der Waals surface area contributed by atoms with E-state index in [1.807, 2.05) is 4.90 Å². The number of anilines is 1. The average Bonchev–Trinajstić information content (AvgIpc) is 2.95. The molecule has 2 amide bonds. The predicted octanol–water partition coefficient (Wildman–Crippen LogP) is 3.00. The Kier molecular flexibility index (Phi) is 5.56. The zero-order chi connectivity index (χ0) is 16.8. The Morgan fingerprint density at radius 3 is 2.57 bits per heavy atom. The first-order valence-corrected chi connectivity index (χ1v) is 7.73. The molecule has 0 fully saturated rings. The van der Waals surface area contributed by atoms with Crippen molar-refractivity contribution in [2.45, 2.75) is 26.7 Å². The number of hydrogen-bond donors (Lipinski definition) is 2. The predicted molar refractivity (Wildman–Crippen MR) is 88.6 cm³/mol. The second-order valence-corrected chi connectivity index (χ2v) is 5.23. The fourth-order valence-corrected chi connectivity index (χ4v) is 2.39. The van der Waals surface area contributed by atoms with E-state index in [0.717, 1.165) is 25.9 Å². The van der Waals surface area contributed by atoms with Crippen LogP contribution in [-0.2, 0) is 4.74 Å². The van der Waals surface area contributed by atoms with Gasteiger partial charge in [0.25, 0.3) is 5.91 Å². The van der Waals surface area contributed by atoms with Gasteiger partial charge in [0.05, 0.1) is 18.1 Å². The number of benzene rings is 1. The first kappa shape index (κ1) is 16.8. The summed E-state index contributed by atoms with van der Waals surface area (Å²) < 4.78 is 4.53. The van der Waals surface area contributed by atoms with Gasteiger partial charge in [-0.1, -0.05) is 13.8 Å². The molecule has 0 atom stereocenters. The summed E-state index contributed by atoms with van der Waals surface area (Å²) >= 11 is 0. The number of amides is 2. The Morgan fingerprint density at radius 1 is 1.26 bits per heavy atom. The Balaban J connectivity index is 2.24. The highest BCUT2D eigenvalue weighted by Crippen LogP contribution is 2.18. The number of rotatable bonds is 6. The van der Waals surface area contributed by atoms with E-state index in [2.05, 4.69) is 33.9 Å². The third-order valence-corrected chi connectivity index (χ3v) is 3.41. The molecule has 0 aliphatic carbocycles. The van der Waals surface area contributed by atoms with E-state index in [9.17, 15) is 9.59 Å². The van der Waals surface area contributed by atoms with Crippen molar-refractivity contribution in [3.05, 3.63) is 23.8 Å². The molecule has 1 heterocycles. The van der Waals surface area contributed by atoms with Gasteiger partial charge < -0.3 is 14.6 Å². The Morgan fingerprint density at radius 2 is 1.96 bits per heavy atom. The monoisotopic (exact) mass is 318 g/mol. The first-order chi connectivity index (χ1) is 11.1. The maximum Gasteiger partial charge on any atom is 0.413 e. The Hall–Kier alpha value is -2.57. The first-order valence-electron chi connectivity index (χ1n) is 7.73. The van der Waals surface area contributed by atoms with Gasteiger partial charge in [0.15, 0.2) is 0 Å². The van der Waals surface area contributed by atoms with Gasteiger partial charge in [0.2, 0.25) is 5.95 Å². The second kappa shape index (κ2) is 7.62. The summed E-state index contributed by atoms with van der Waals surface area (Å²) in [6.45, 7) is 5.59. The maximum absolute atomic E-state index is 12.6. The molecule has 1 aromatic carbocycles. The third-order valence-electron chi connectivity index (χ3n) is 3.41. The molecule has 0 aliphatic rings. The largest absolute Gasteiger partial charge is 0.453 e. The second-order valence-electron chi connectivity index (χ2n) is 5.23. The lowest BCUT2D eigenvalue weighted by atomic mass is 10.1. The van der Waals surface area contributed by atoms with E-state index in [0.29, 0.717) is 16.6 Å². The number of H-pyrrole nitrogens is 1. The van der Waals surface area contributed by atoms with Crippen LogP contribution in [0.5, 0.6) is 0 Å². The molecule has 0 radical (unpaired) electrons. The van der Waals surface area contributed by atoms with Crippen molar-refractivity contribution in [2.75, 3.05) is 25.5 Å². The van der Waals surface area contributed by atoms with Gasteiger partial charge in [-0.05, 0) is 31.0 Å². The highest BCUT2D eigenvalue weighted by molar-refractivity contribution is 5.98. The van der Waals surface area contributed by atoms with Crippen molar-refractivity contribution < 1.29 is 14.3 Å². The van der Waals surface area contributed by atoms with Crippen LogP contribution in [0.2, 0.25) is 0 Å². The van der Waals surface area contributed by atoms with Crippen molar-refractivity contribution in [2.24, 2.45) is 0 Å². The molecule has 2 rings (SSSR count). The highest BCUT2D eigenvalue weighted by Gasteiger charge is 2.15. The summed E-state index contributed by atoms with van der Waals surface area (Å²) in [5.74, 6) is 0.295. The number of nitrogens with zero attached hydrogens (tertiary/aromatic N) is 2. The summed E-state index contributed by atoms with van der Waals surface area (Å²) in [6, 6.07) is 5.27. The zero-order valence-electron chi connectivity index (χ0n) is 13.7. The van der Waals surface area contributed by atoms with E-state index in [-0.39, 0.29) is 11.9 Å². The molecule has 2 aromatic rings. The summed E-state index contributed by atoms with van der Waals surface area (Å²) in [5.41, 5.74) is 1.97. The minimum atomic E-state index is -0.600. The average molecular weight is 318 g/mol. The molecule has 0 spiro atoms. The van der Waals surface area contributed by atoms with Gasteiger partial charge in [-0.2, -0.15) is 0 Å². The standard InChI is InChI=1S/C16H22N4O3/c1-4-8-20(9-5-2)14(21)11-6-7-12-13(10-11)18-15(17-12)19-16(22)23-3/h6-7,10H,4-5,8-9H2,1-3H3,(H2,17,18,19,22). The number of methoxy groups -OCH3 is 1. The van der Waals surface area contributed by atoms with Gasteiger partial charge in [-0.15, -0.1) is 0 Å². The quantitative estimate of drug-likeness (QED) is 0.857. The van der Waals surface area contributed by atoms with Crippen molar-refractivity contribution >= 4 is 29.0 Å². The fourth-order valence-electron chi connectivity index (χ4n) is 2.39. The van der Waals surface area contributed by atoms with E-state index in [1.54, 1.807) is 18.2 Å². The third kappa shape index (κ3) is 4.00. The fraction of sp³-hybridized carbons (Fsp3) is 0.438. The van der Waals surface area contributed by atoms with Crippen LogP contribution in [0.3, 0.4) is 0 Å². The van der Waals surface area contributed by atoms with Gasteiger partial charge in [0.1, 0.15) is 0 Å². The van der Waals surface area contributed by atoms with E-state index < -0.39 is 6.09 Å². The number of hydrogen-bond acceptors (Lipinski definition) is 4. The van der Waals surface area contributed by atoms with Gasteiger partial charge in [0, 0.05) is 18.7 Å². The number of aromatic nitrogens is 2. The smallest absolute Gasteiger partial charge is 0.413 e. The van der Waals surface area contributed by atoms with Crippen LogP contribution in [0.25, 0.3) is 11.0 Å². The van der Waals surface area contributed by atoms with Crippen LogP contribution >= 0.6 is 0 Å². The molecule has 1 aromatic heterocycles. The lowest BCUT2D eigenvalue weighted by Crippen LogP contribution is -2.32. The highest BCUT2D eigenvalue weighted by atomic mass is 16.5. The molecule has 2 N–H and O–H groups in total. The minimum Gasteiger partial charge on any atom is -0.453 e. The molecule has 7 nitrogen and oxygen atoms in total. The molecule has 23 heavy (non-hydrogen) atoms. The number of imidazole rings is 1. The summed E-state index contributed by atoms with van der Waals surface area (Å²) in [4.78, 5) is 32.9. The molecule has 0 aliphatic heterocycles. The Labute approximate surface area is 135 Å². The summed E-state index contributed by atoms with van der Waals surface area (Å²) in [5, 5.41) is 2.47. The van der Waals surface area contributed by atoms with Crippen molar-refractivity contribution in [3.63, 3.8) is 0 Å². The number of carbonyl (C=O) groups is 2. The van der Waals surface area contributed by atoms with E-state index in [4.69, 9.17) is 0 Å². The van der Waals surface area contributed by atoms with E-state index >= 15 is 0 Å². The Bertz CT molecular complexity index is 690. The number of fused-ring (bicyclic) bond motifs is 1. The van der Waals surface area contributed by atoms with E-state index in [1.165, 1.54) is 7.11 Å². The molecule has 124 valence electrons. The molecule has 0 unspecified atom stereocenters. The van der Waals surface area contributed by atoms with Crippen LogP contribution < -0.4 is 5.32 Å². The van der Waals surface area contributed by atoms with Crippen LogP contribution in [0.4, 0.5) is 10.7 Å². The molecule has 0 saturated carbocycles. The summed E-state index contributed by atoms with van der Waals surface area (Å²) in [7, 11) is 1.28. The molecule has 0 bridgehead atoms. The molecule has 0 saturated heterocycles. The van der Waals surface area contributed by atoms with Gasteiger partial charge in [-0.25, -0.2) is 9.78 Å². The minimum absolute atomic E-state index is 0.00711. The number of nitrogens with one attached hydrogen (secondary N) is 2. The molecular weight excluding hydrogens is 296 g/mol. The number of ether oxygens (including phenoxy) is 1. The molecule has 7 heteroatoms. The normalized spacial score (nSPS) is 10.6. The number of carbonyl (C=O) groups excluding carboxylic acids is 2. The maximum atomic E-state index is 12.6. The SMILES string of the molecule is CCCN(CCC)C(=O)c1ccc2nc(NC(=O)OC)[nH]c2c1. The topological polar surface area (TPSA) is 87.3 Å². The summed E-state index contributed by atoms with van der Waals surface area (Å²) in [6.07, 6.45) is 1.24. The van der Waals surface area contributed by atoms with Crippen LogP contribution in [0, 0.1) is 0 Å². The van der Waals surface area contributed by atoms with Crippen LogP contribution in [-0.4, -0.2) is 47.1 Å². The molecular formula is C16H22N4O3. The number of aromatic amines is 1. The lowest BCUT2D eigenvalue weighted by molar-refractivity contribution is 0.0755. The van der Waals surface area contributed by atoms with Crippen LogP contribution in [0.15, 0.2) is 18.2 Å². The zero-order valence-corrected chi connectivity index (χ0v) is 13.7. The van der Waals surface area contributed by atoms with Gasteiger partial charge >= 0.3 is 6.09 Å². The van der Waals surface area contributed by atoms with Gasteiger partial charge in [-0.3, -0.25) is 10.1 Å². The van der Waals surface area contributed by atoms with Crippen molar-refractivity contribution in [1.29, 1.82) is 0 Å². The van der Waals surface area contributed by atoms with Crippen molar-refractivity contribution in [1.82, 2.24) is 14.9 Å². The lowest BCUT2D eigenvalue weighted by Gasteiger charge is -2.21. The van der Waals surface area contributed by atoms with Crippen LogP contribution in [0.1, 0.15) is 37.0 Å². The van der Waals surface area contributed by atoms with Crippen molar-refractivity contribution in [3.8, 4) is 0 Å².